The van der Waals surface area contributed by atoms with Crippen molar-refractivity contribution in [3.8, 4) is 5.69 Å². The Morgan fingerprint density at radius 1 is 1.20 bits per heavy atom. The average Bonchev–Trinajstić information content (AvgIpc) is 2.78. The molecule has 2 atom stereocenters. The number of carbonyl (C=O) groups is 1. The maximum absolute atomic E-state index is 12.9. The van der Waals surface area contributed by atoms with E-state index in [4.69, 9.17) is 0 Å². The molecule has 1 heterocycles. The van der Waals surface area contributed by atoms with Gasteiger partial charge >= 0.3 is 0 Å². The van der Waals surface area contributed by atoms with Crippen molar-refractivity contribution in [3.63, 3.8) is 0 Å². The fourth-order valence-corrected chi connectivity index (χ4v) is 3.83. The topological polar surface area (TPSA) is 67.2 Å². The molecule has 1 saturated carbocycles. The van der Waals surface area contributed by atoms with Crippen LogP contribution in [-0.4, -0.2) is 33.4 Å². The van der Waals surface area contributed by atoms with Crippen LogP contribution in [0.1, 0.15) is 53.8 Å². The molecule has 5 heteroatoms. The Labute approximate surface area is 149 Å². The van der Waals surface area contributed by atoms with Crippen LogP contribution in [-0.2, 0) is 0 Å². The van der Waals surface area contributed by atoms with Gasteiger partial charge in [0.1, 0.15) is 0 Å². The van der Waals surface area contributed by atoms with E-state index < -0.39 is 0 Å². The molecule has 3 rings (SSSR count). The molecule has 1 aromatic heterocycles. The lowest BCUT2D eigenvalue weighted by molar-refractivity contribution is 0.0898. The summed E-state index contributed by atoms with van der Waals surface area (Å²) in [5, 5.41) is 17.4. The van der Waals surface area contributed by atoms with Gasteiger partial charge in [-0.15, -0.1) is 0 Å². The largest absolute Gasteiger partial charge is 0.396 e. The van der Waals surface area contributed by atoms with Crippen molar-refractivity contribution in [2.24, 2.45) is 5.92 Å². The molecule has 2 aromatic rings. The number of hydrogen-bond donors (Lipinski definition) is 2. The molecule has 1 aliphatic carbocycles. The molecular formula is C20H27N3O2. The number of rotatable bonds is 4. The molecule has 0 saturated heterocycles. The normalized spacial score (nSPS) is 20.9. The van der Waals surface area contributed by atoms with Crippen LogP contribution in [0.2, 0.25) is 0 Å². The third kappa shape index (κ3) is 3.76. The van der Waals surface area contributed by atoms with Gasteiger partial charge in [0, 0.05) is 18.6 Å². The van der Waals surface area contributed by atoms with Crippen LogP contribution < -0.4 is 5.32 Å². The van der Waals surface area contributed by atoms with E-state index in [1.54, 1.807) is 0 Å². The third-order valence-electron chi connectivity index (χ3n) is 5.23. The van der Waals surface area contributed by atoms with Gasteiger partial charge in [-0.3, -0.25) is 4.79 Å². The zero-order valence-corrected chi connectivity index (χ0v) is 15.0. The smallest absolute Gasteiger partial charge is 0.255 e. The van der Waals surface area contributed by atoms with Crippen molar-refractivity contribution in [3.05, 3.63) is 47.3 Å². The highest BCUT2D eigenvalue weighted by atomic mass is 16.3. The molecule has 1 amide bonds. The summed E-state index contributed by atoms with van der Waals surface area (Å²) in [6, 6.07) is 9.89. The van der Waals surface area contributed by atoms with Crippen molar-refractivity contribution in [1.29, 1.82) is 0 Å². The van der Waals surface area contributed by atoms with E-state index in [1.807, 2.05) is 48.9 Å². The second kappa shape index (κ2) is 7.83. The summed E-state index contributed by atoms with van der Waals surface area (Å²) in [5.74, 6) is 0.0683. The first-order valence-electron chi connectivity index (χ1n) is 9.15. The van der Waals surface area contributed by atoms with E-state index in [1.165, 1.54) is 6.42 Å². The van der Waals surface area contributed by atoms with Gasteiger partial charge in [-0.25, -0.2) is 4.68 Å². The Kier molecular flexibility index (Phi) is 5.53. The first-order valence-corrected chi connectivity index (χ1v) is 9.15. The van der Waals surface area contributed by atoms with E-state index in [-0.39, 0.29) is 24.5 Å². The molecule has 2 N–H and O–H groups in total. The quantitative estimate of drug-likeness (QED) is 0.840. The molecule has 25 heavy (non-hydrogen) atoms. The second-order valence-corrected chi connectivity index (χ2v) is 6.95. The number of hydrogen-bond acceptors (Lipinski definition) is 3. The number of aryl methyl sites for hydroxylation is 1. The molecule has 1 fully saturated rings. The van der Waals surface area contributed by atoms with Gasteiger partial charge in [0.25, 0.3) is 5.91 Å². The number of aromatic nitrogens is 2. The van der Waals surface area contributed by atoms with Crippen molar-refractivity contribution in [2.75, 3.05) is 6.61 Å². The highest BCUT2D eigenvalue weighted by Gasteiger charge is 2.27. The summed E-state index contributed by atoms with van der Waals surface area (Å²) in [6.07, 6.45) is 5.31. The van der Waals surface area contributed by atoms with Crippen molar-refractivity contribution in [2.45, 2.75) is 52.0 Å². The molecule has 0 bridgehead atoms. The first kappa shape index (κ1) is 17.7. The van der Waals surface area contributed by atoms with Crippen molar-refractivity contribution >= 4 is 5.91 Å². The van der Waals surface area contributed by atoms with Gasteiger partial charge in [-0.1, -0.05) is 37.5 Å². The summed E-state index contributed by atoms with van der Waals surface area (Å²) >= 11 is 0. The number of carbonyl (C=O) groups excluding carboxylic acids is 1. The van der Waals surface area contributed by atoms with Gasteiger partial charge in [0.15, 0.2) is 0 Å². The summed E-state index contributed by atoms with van der Waals surface area (Å²) in [6.45, 7) is 3.93. The minimum atomic E-state index is -0.0810. The number of aliphatic hydroxyl groups is 1. The highest BCUT2D eigenvalue weighted by molar-refractivity contribution is 5.96. The molecule has 0 spiro atoms. The lowest BCUT2D eigenvalue weighted by Crippen LogP contribution is -2.41. The Morgan fingerprint density at radius 3 is 2.64 bits per heavy atom. The maximum Gasteiger partial charge on any atom is 0.255 e. The van der Waals surface area contributed by atoms with Gasteiger partial charge in [-0.05, 0) is 38.8 Å². The van der Waals surface area contributed by atoms with Gasteiger partial charge < -0.3 is 10.4 Å². The molecule has 134 valence electrons. The monoisotopic (exact) mass is 341 g/mol. The summed E-state index contributed by atoms with van der Waals surface area (Å²) in [7, 11) is 0. The van der Waals surface area contributed by atoms with Crippen LogP contribution in [0.25, 0.3) is 5.69 Å². The Balaban J connectivity index is 1.84. The molecule has 5 nitrogen and oxygen atoms in total. The van der Waals surface area contributed by atoms with E-state index >= 15 is 0 Å². The van der Waals surface area contributed by atoms with E-state index in [9.17, 15) is 9.90 Å². The standard InChI is InChI=1S/C20H27N3O2/c1-14-19(15(2)23(22-14)17-10-6-4-7-11-17)20(25)21-18-12-8-3-5-9-16(18)13-24/h4,6-7,10-11,16,18,24H,3,5,8-9,12-13H2,1-2H3,(H,21,25). The number of amides is 1. The first-order chi connectivity index (χ1) is 12.1. The van der Waals surface area contributed by atoms with E-state index in [2.05, 4.69) is 10.4 Å². The fraction of sp³-hybridized carbons (Fsp3) is 0.500. The molecule has 1 aliphatic rings. The lowest BCUT2D eigenvalue weighted by atomic mass is 9.95. The molecule has 0 radical (unpaired) electrons. The Bertz CT molecular complexity index is 724. The SMILES string of the molecule is Cc1nn(-c2ccccc2)c(C)c1C(=O)NC1CCCCCC1CO. The number of para-hydroxylation sites is 1. The average molecular weight is 341 g/mol. The maximum atomic E-state index is 12.9. The van der Waals surface area contributed by atoms with Crippen LogP contribution in [0.5, 0.6) is 0 Å². The highest BCUT2D eigenvalue weighted by Crippen LogP contribution is 2.24. The fourth-order valence-electron chi connectivity index (χ4n) is 3.83. The molecular weight excluding hydrogens is 314 g/mol. The zero-order chi connectivity index (χ0) is 17.8. The number of nitrogens with one attached hydrogen (secondary N) is 1. The minimum Gasteiger partial charge on any atom is -0.396 e. The van der Waals surface area contributed by atoms with E-state index in [0.717, 1.165) is 42.8 Å². The summed E-state index contributed by atoms with van der Waals surface area (Å²) < 4.78 is 1.82. The minimum absolute atomic E-state index is 0.0406. The third-order valence-corrected chi connectivity index (χ3v) is 5.23. The zero-order valence-electron chi connectivity index (χ0n) is 15.0. The molecule has 2 unspecified atom stereocenters. The molecule has 1 aromatic carbocycles. The van der Waals surface area contributed by atoms with Crippen molar-refractivity contribution in [1.82, 2.24) is 15.1 Å². The van der Waals surface area contributed by atoms with Crippen LogP contribution in [0.4, 0.5) is 0 Å². The lowest BCUT2D eigenvalue weighted by Gasteiger charge is -2.24. The van der Waals surface area contributed by atoms with Crippen molar-refractivity contribution < 1.29 is 9.90 Å². The van der Waals surface area contributed by atoms with E-state index in [0.29, 0.717) is 5.56 Å². The van der Waals surface area contributed by atoms with Gasteiger partial charge in [-0.2, -0.15) is 5.10 Å². The second-order valence-electron chi connectivity index (χ2n) is 6.95. The van der Waals surface area contributed by atoms with Crippen LogP contribution in [0.3, 0.4) is 0 Å². The predicted octanol–water partition coefficient (Wildman–Crippen LogP) is 3.16. The van der Waals surface area contributed by atoms with Gasteiger partial charge in [0.2, 0.25) is 0 Å². The number of nitrogens with zero attached hydrogens (tertiary/aromatic N) is 2. The molecule has 0 aliphatic heterocycles. The van der Waals surface area contributed by atoms with Gasteiger partial charge in [0.05, 0.1) is 22.6 Å². The predicted molar refractivity (Wildman–Crippen MR) is 98.0 cm³/mol. The summed E-state index contributed by atoms with van der Waals surface area (Å²) in [4.78, 5) is 12.9. The number of aliphatic hydroxyl groups excluding tert-OH is 1. The Hall–Kier alpha value is -2.14. The number of benzene rings is 1. The van der Waals surface area contributed by atoms with Crippen LogP contribution in [0, 0.1) is 19.8 Å². The Morgan fingerprint density at radius 2 is 1.92 bits per heavy atom. The van der Waals surface area contributed by atoms with Crippen LogP contribution >= 0.6 is 0 Å². The summed E-state index contributed by atoms with van der Waals surface area (Å²) in [5.41, 5.74) is 3.16. The van der Waals surface area contributed by atoms with Crippen LogP contribution in [0.15, 0.2) is 30.3 Å².